The van der Waals surface area contributed by atoms with Crippen molar-refractivity contribution in [2.45, 2.75) is 32.6 Å². The fraction of sp³-hybridized carbons (Fsp3) is 0.615. The lowest BCUT2D eigenvalue weighted by atomic mass is 10.0. The van der Waals surface area contributed by atoms with Gasteiger partial charge in [-0.05, 0) is 48.1 Å². The van der Waals surface area contributed by atoms with Crippen molar-refractivity contribution in [3.8, 4) is 0 Å². The lowest BCUT2D eigenvalue weighted by molar-refractivity contribution is 0.0944. The van der Waals surface area contributed by atoms with Crippen LogP contribution in [0.5, 0.6) is 0 Å². The summed E-state index contributed by atoms with van der Waals surface area (Å²) < 4.78 is 0. The van der Waals surface area contributed by atoms with Crippen LogP contribution in [0.15, 0.2) is 11.4 Å². The van der Waals surface area contributed by atoms with Gasteiger partial charge in [0.1, 0.15) is 0 Å². The summed E-state index contributed by atoms with van der Waals surface area (Å²) in [7, 11) is 0. The minimum atomic E-state index is 0.0427. The molecule has 0 radical (unpaired) electrons. The van der Waals surface area contributed by atoms with Crippen LogP contribution in [0.1, 0.15) is 41.4 Å². The lowest BCUT2D eigenvalue weighted by Gasteiger charge is -2.14. The molecule has 2 N–H and O–H groups in total. The number of rotatable bonds is 6. The second-order valence-electron chi connectivity index (χ2n) is 4.78. The summed E-state index contributed by atoms with van der Waals surface area (Å²) in [4.78, 5) is 12.8. The average Bonchev–Trinajstić information content (AvgIpc) is 2.93. The Bertz CT molecular complexity index is 396. The summed E-state index contributed by atoms with van der Waals surface area (Å²) in [6.45, 7) is 2.98. The molecule has 17 heavy (non-hydrogen) atoms. The molecule has 0 aromatic carbocycles. The van der Waals surface area contributed by atoms with Crippen LogP contribution in [-0.4, -0.2) is 24.2 Å². The molecule has 1 aliphatic rings. The number of amides is 1. The van der Waals surface area contributed by atoms with E-state index in [0.717, 1.165) is 36.1 Å². The predicted octanol–water partition coefficient (Wildman–Crippen LogP) is 2.20. The molecular formula is C13H19NO2S. The first-order valence-corrected chi connectivity index (χ1v) is 7.04. The van der Waals surface area contributed by atoms with E-state index < -0.39 is 0 Å². The maximum atomic E-state index is 12.0. The van der Waals surface area contributed by atoms with Gasteiger partial charge < -0.3 is 10.4 Å². The maximum Gasteiger partial charge on any atom is 0.261 e. The van der Waals surface area contributed by atoms with Crippen molar-refractivity contribution in [3.63, 3.8) is 0 Å². The first kappa shape index (κ1) is 12.6. The summed E-state index contributed by atoms with van der Waals surface area (Å²) >= 11 is 1.51. The van der Waals surface area contributed by atoms with Crippen molar-refractivity contribution in [2.75, 3.05) is 13.2 Å². The summed E-state index contributed by atoms with van der Waals surface area (Å²) in [5.74, 6) is 0.0427. The molecule has 1 amide bonds. The van der Waals surface area contributed by atoms with Crippen molar-refractivity contribution < 1.29 is 9.90 Å². The molecule has 0 unspecified atom stereocenters. The number of carbonyl (C=O) groups is 1. The fourth-order valence-electron chi connectivity index (χ4n) is 2.09. The van der Waals surface area contributed by atoms with Gasteiger partial charge in [0.2, 0.25) is 0 Å². The van der Waals surface area contributed by atoms with Crippen LogP contribution < -0.4 is 5.32 Å². The molecule has 0 spiro atoms. The van der Waals surface area contributed by atoms with Crippen molar-refractivity contribution in [3.05, 3.63) is 21.9 Å². The molecule has 1 aromatic rings. The van der Waals surface area contributed by atoms with E-state index in [9.17, 15) is 4.79 Å². The number of nitrogens with one attached hydrogen (secondary N) is 1. The Kier molecular flexibility index (Phi) is 3.84. The first-order chi connectivity index (χ1) is 8.21. The van der Waals surface area contributed by atoms with Gasteiger partial charge in [0.25, 0.3) is 5.91 Å². The third kappa shape index (κ3) is 2.87. The molecule has 1 heterocycles. The molecule has 0 bridgehead atoms. The largest absolute Gasteiger partial charge is 0.396 e. The Hall–Kier alpha value is -0.870. The highest BCUT2D eigenvalue weighted by molar-refractivity contribution is 7.12. The van der Waals surface area contributed by atoms with Crippen molar-refractivity contribution in [1.82, 2.24) is 5.32 Å². The highest BCUT2D eigenvalue weighted by atomic mass is 32.1. The van der Waals surface area contributed by atoms with Gasteiger partial charge in [-0.3, -0.25) is 4.79 Å². The van der Waals surface area contributed by atoms with E-state index in [-0.39, 0.29) is 17.9 Å². The van der Waals surface area contributed by atoms with Gasteiger partial charge in [0.05, 0.1) is 4.88 Å². The smallest absolute Gasteiger partial charge is 0.261 e. The van der Waals surface area contributed by atoms with Gasteiger partial charge in [-0.25, -0.2) is 0 Å². The highest BCUT2D eigenvalue weighted by Gasteiger charge is 2.41. The maximum absolute atomic E-state index is 12.0. The van der Waals surface area contributed by atoms with Gasteiger partial charge in [0, 0.05) is 13.2 Å². The Morgan fingerprint density at radius 1 is 1.59 bits per heavy atom. The Morgan fingerprint density at radius 2 is 2.35 bits per heavy atom. The zero-order chi connectivity index (χ0) is 12.3. The van der Waals surface area contributed by atoms with Gasteiger partial charge in [-0.15, -0.1) is 11.3 Å². The van der Waals surface area contributed by atoms with Crippen LogP contribution >= 0.6 is 11.3 Å². The number of aryl methyl sites for hydroxylation is 1. The lowest BCUT2D eigenvalue weighted by Crippen LogP contribution is -2.30. The number of aliphatic hydroxyl groups excluding tert-OH is 1. The number of aliphatic hydroxyl groups is 1. The fourth-order valence-corrected chi connectivity index (χ4v) is 3.00. The van der Waals surface area contributed by atoms with E-state index in [2.05, 4.69) is 12.2 Å². The predicted molar refractivity (Wildman–Crippen MR) is 69.4 cm³/mol. The van der Waals surface area contributed by atoms with E-state index in [4.69, 9.17) is 5.11 Å². The second kappa shape index (κ2) is 5.19. The molecule has 0 aliphatic heterocycles. The minimum Gasteiger partial charge on any atom is -0.396 e. The topological polar surface area (TPSA) is 49.3 Å². The van der Waals surface area contributed by atoms with Crippen LogP contribution in [0, 0.1) is 5.41 Å². The number of hydrogen-bond acceptors (Lipinski definition) is 3. The Morgan fingerprint density at radius 3 is 2.94 bits per heavy atom. The van der Waals surface area contributed by atoms with E-state index >= 15 is 0 Å². The normalized spacial score (nSPS) is 16.8. The zero-order valence-electron chi connectivity index (χ0n) is 10.2. The molecule has 2 rings (SSSR count). The first-order valence-electron chi connectivity index (χ1n) is 6.16. The molecular weight excluding hydrogens is 234 g/mol. The van der Waals surface area contributed by atoms with Crippen LogP contribution in [0.2, 0.25) is 0 Å². The zero-order valence-corrected chi connectivity index (χ0v) is 11.0. The standard InChI is InChI=1S/C13H19NO2S/c1-2-10-3-8-17-11(10)12(16)14-9-13(4-5-13)6-7-15/h3,8,15H,2,4-7,9H2,1H3,(H,14,16). The van der Waals surface area contributed by atoms with Gasteiger partial charge in [-0.2, -0.15) is 0 Å². The monoisotopic (exact) mass is 253 g/mol. The molecule has 0 saturated heterocycles. The van der Waals surface area contributed by atoms with Crippen LogP contribution in [-0.2, 0) is 6.42 Å². The molecule has 1 aliphatic carbocycles. The molecule has 1 fully saturated rings. The highest BCUT2D eigenvalue weighted by Crippen LogP contribution is 2.47. The van der Waals surface area contributed by atoms with Crippen LogP contribution in [0.3, 0.4) is 0 Å². The molecule has 94 valence electrons. The minimum absolute atomic E-state index is 0.0427. The molecule has 3 nitrogen and oxygen atoms in total. The second-order valence-corrected chi connectivity index (χ2v) is 5.70. The number of thiophene rings is 1. The van der Waals surface area contributed by atoms with Gasteiger partial charge in [-0.1, -0.05) is 6.92 Å². The third-order valence-electron chi connectivity index (χ3n) is 3.56. The van der Waals surface area contributed by atoms with E-state index in [0.29, 0.717) is 6.54 Å². The summed E-state index contributed by atoms with van der Waals surface area (Å²) in [6, 6.07) is 2.01. The molecule has 1 saturated carbocycles. The van der Waals surface area contributed by atoms with Crippen molar-refractivity contribution in [2.24, 2.45) is 5.41 Å². The van der Waals surface area contributed by atoms with E-state index in [1.807, 2.05) is 11.4 Å². The van der Waals surface area contributed by atoms with Gasteiger partial charge in [0.15, 0.2) is 0 Å². The Labute approximate surface area is 106 Å². The summed E-state index contributed by atoms with van der Waals surface area (Å²) in [6.07, 6.45) is 3.95. The SMILES string of the molecule is CCc1ccsc1C(=O)NCC1(CCO)CC1. The van der Waals surface area contributed by atoms with Crippen molar-refractivity contribution >= 4 is 17.2 Å². The van der Waals surface area contributed by atoms with Crippen LogP contribution in [0.25, 0.3) is 0 Å². The third-order valence-corrected chi connectivity index (χ3v) is 4.51. The van der Waals surface area contributed by atoms with Crippen LogP contribution in [0.4, 0.5) is 0 Å². The summed E-state index contributed by atoms with van der Waals surface area (Å²) in [5, 5.41) is 13.9. The number of carbonyl (C=O) groups excluding carboxylic acids is 1. The average molecular weight is 253 g/mol. The quantitative estimate of drug-likeness (QED) is 0.816. The van der Waals surface area contributed by atoms with E-state index in [1.165, 1.54) is 11.3 Å². The van der Waals surface area contributed by atoms with Gasteiger partial charge >= 0.3 is 0 Å². The molecule has 1 aromatic heterocycles. The van der Waals surface area contributed by atoms with Crippen molar-refractivity contribution in [1.29, 1.82) is 0 Å². The summed E-state index contributed by atoms with van der Waals surface area (Å²) in [5.41, 5.74) is 1.31. The Balaban J connectivity index is 1.90. The molecule has 0 atom stereocenters. The van der Waals surface area contributed by atoms with E-state index in [1.54, 1.807) is 0 Å². The number of hydrogen-bond donors (Lipinski definition) is 2. The molecule has 4 heteroatoms.